The first kappa shape index (κ1) is 20.2. The fourth-order valence-corrected chi connectivity index (χ4v) is 3.89. The van der Waals surface area contributed by atoms with Gasteiger partial charge in [0.15, 0.2) is 0 Å². The normalized spacial score (nSPS) is 11.5. The molecule has 146 valence electrons. The van der Waals surface area contributed by atoms with Crippen LogP contribution in [0.1, 0.15) is 21.7 Å². The van der Waals surface area contributed by atoms with Crippen LogP contribution in [0.2, 0.25) is 5.02 Å². The monoisotopic (exact) mass is 418 g/mol. The number of nitrogens with one attached hydrogen (secondary N) is 2. The third kappa shape index (κ3) is 4.64. The van der Waals surface area contributed by atoms with Gasteiger partial charge < -0.3 is 5.32 Å². The van der Waals surface area contributed by atoms with E-state index in [1.165, 1.54) is 12.1 Å². The molecule has 0 aliphatic heterocycles. The summed E-state index contributed by atoms with van der Waals surface area (Å²) in [6, 6.07) is 11.0. The van der Waals surface area contributed by atoms with Crippen LogP contribution >= 0.6 is 11.6 Å². The maximum absolute atomic E-state index is 12.3. The molecule has 2 N–H and O–H groups in total. The van der Waals surface area contributed by atoms with Gasteiger partial charge in [0, 0.05) is 23.7 Å². The van der Waals surface area contributed by atoms with Gasteiger partial charge in [-0.1, -0.05) is 17.7 Å². The highest BCUT2D eigenvalue weighted by molar-refractivity contribution is 7.89. The van der Waals surface area contributed by atoms with E-state index < -0.39 is 10.0 Å². The van der Waals surface area contributed by atoms with Crippen molar-refractivity contribution in [2.75, 3.05) is 13.1 Å². The van der Waals surface area contributed by atoms with E-state index in [9.17, 15) is 13.2 Å². The lowest BCUT2D eigenvalue weighted by atomic mass is 10.1. The van der Waals surface area contributed by atoms with E-state index in [0.717, 1.165) is 11.4 Å². The van der Waals surface area contributed by atoms with E-state index in [1.54, 1.807) is 30.3 Å². The number of aromatic nitrogens is 2. The number of carbonyl (C=O) groups excluding carboxylic acids is 1. The molecule has 28 heavy (non-hydrogen) atoms. The smallest absolute Gasteiger partial charge is 0.251 e. The van der Waals surface area contributed by atoms with Gasteiger partial charge in [0.1, 0.15) is 0 Å². The Morgan fingerprint density at radius 3 is 2.43 bits per heavy atom. The molecule has 7 nitrogen and oxygen atoms in total. The molecule has 0 aliphatic rings. The highest BCUT2D eigenvalue weighted by Gasteiger charge is 2.14. The number of sulfonamides is 1. The highest BCUT2D eigenvalue weighted by Crippen LogP contribution is 2.15. The van der Waals surface area contributed by atoms with E-state index in [2.05, 4.69) is 20.0 Å². The first-order valence-electron chi connectivity index (χ1n) is 8.55. The standard InChI is InChI=1S/C19H19ClN4O3S/c1-12-13(2)24-18-10-14(6-7-17(18)23-12)19(25)21-8-9-22-28(26,27)16-5-3-4-15(20)11-16/h3-7,10-11,22H,8-9H2,1-2H3,(H,21,25). The summed E-state index contributed by atoms with van der Waals surface area (Å²) in [4.78, 5) is 21.3. The number of carbonyl (C=O) groups is 1. The molecule has 9 heteroatoms. The molecule has 3 rings (SSSR count). The Hall–Kier alpha value is -2.55. The summed E-state index contributed by atoms with van der Waals surface area (Å²) in [7, 11) is -3.69. The third-order valence-corrected chi connectivity index (χ3v) is 5.84. The maximum Gasteiger partial charge on any atom is 0.251 e. The molecule has 0 radical (unpaired) electrons. The van der Waals surface area contributed by atoms with Crippen LogP contribution in [0.5, 0.6) is 0 Å². The fourth-order valence-electron chi connectivity index (χ4n) is 2.55. The van der Waals surface area contributed by atoms with Gasteiger partial charge in [-0.25, -0.2) is 23.1 Å². The second-order valence-electron chi connectivity index (χ2n) is 6.21. The van der Waals surface area contributed by atoms with Crippen LogP contribution in [-0.2, 0) is 10.0 Å². The predicted molar refractivity (Wildman–Crippen MR) is 108 cm³/mol. The van der Waals surface area contributed by atoms with Gasteiger partial charge in [-0.2, -0.15) is 0 Å². The number of halogens is 1. The van der Waals surface area contributed by atoms with Crippen LogP contribution in [0.4, 0.5) is 0 Å². The molecule has 0 saturated carbocycles. The molecule has 0 fully saturated rings. The molecule has 0 saturated heterocycles. The van der Waals surface area contributed by atoms with Crippen molar-refractivity contribution in [1.82, 2.24) is 20.0 Å². The van der Waals surface area contributed by atoms with Gasteiger partial charge in [-0.3, -0.25) is 4.79 Å². The van der Waals surface area contributed by atoms with Crippen LogP contribution in [0.25, 0.3) is 11.0 Å². The summed E-state index contributed by atoms with van der Waals surface area (Å²) in [5, 5.41) is 3.02. The molecule has 0 unspecified atom stereocenters. The minimum absolute atomic E-state index is 0.0479. The summed E-state index contributed by atoms with van der Waals surface area (Å²) in [5.74, 6) is -0.316. The van der Waals surface area contributed by atoms with Crippen molar-refractivity contribution in [1.29, 1.82) is 0 Å². The van der Waals surface area contributed by atoms with Gasteiger partial charge >= 0.3 is 0 Å². The minimum atomic E-state index is -3.69. The van der Waals surface area contributed by atoms with Crippen molar-refractivity contribution in [3.05, 3.63) is 64.4 Å². The zero-order valence-corrected chi connectivity index (χ0v) is 16.9. The molecule has 1 amide bonds. The second kappa shape index (κ2) is 8.22. The molecule has 3 aromatic rings. The number of hydrogen-bond acceptors (Lipinski definition) is 5. The Morgan fingerprint density at radius 2 is 1.71 bits per heavy atom. The molecule has 0 spiro atoms. The molecular formula is C19H19ClN4O3S. The summed E-state index contributed by atoms with van der Waals surface area (Å²) in [5.41, 5.74) is 3.44. The molecule has 1 heterocycles. The molecule has 1 aromatic heterocycles. The number of rotatable bonds is 6. The SMILES string of the molecule is Cc1nc2ccc(C(=O)NCCNS(=O)(=O)c3cccc(Cl)c3)cc2nc1C. The van der Waals surface area contributed by atoms with E-state index in [-0.39, 0.29) is 23.9 Å². The summed E-state index contributed by atoms with van der Waals surface area (Å²) in [6.07, 6.45) is 0. The molecule has 0 aliphatic carbocycles. The lowest BCUT2D eigenvalue weighted by molar-refractivity contribution is 0.0954. The van der Waals surface area contributed by atoms with E-state index >= 15 is 0 Å². The number of aryl methyl sites for hydroxylation is 2. The van der Waals surface area contributed by atoms with E-state index in [1.807, 2.05) is 13.8 Å². The van der Waals surface area contributed by atoms with Crippen molar-refractivity contribution < 1.29 is 13.2 Å². The van der Waals surface area contributed by atoms with Gasteiger partial charge in [-0.05, 0) is 50.2 Å². The topological polar surface area (TPSA) is 101 Å². The van der Waals surface area contributed by atoms with Crippen LogP contribution in [0.3, 0.4) is 0 Å². The van der Waals surface area contributed by atoms with Crippen LogP contribution in [0.15, 0.2) is 47.4 Å². The molecule has 0 bridgehead atoms. The zero-order chi connectivity index (χ0) is 20.3. The largest absolute Gasteiger partial charge is 0.351 e. The Balaban J connectivity index is 1.60. The third-order valence-electron chi connectivity index (χ3n) is 4.15. The molecular weight excluding hydrogens is 400 g/mol. The Labute approximate surface area is 168 Å². The van der Waals surface area contributed by atoms with Gasteiger partial charge in [0.2, 0.25) is 10.0 Å². The number of nitrogens with zero attached hydrogens (tertiary/aromatic N) is 2. The van der Waals surface area contributed by atoms with Crippen LogP contribution in [-0.4, -0.2) is 37.4 Å². The number of amides is 1. The lowest BCUT2D eigenvalue weighted by Crippen LogP contribution is -2.34. The summed E-state index contributed by atoms with van der Waals surface area (Å²) in [6.45, 7) is 3.93. The van der Waals surface area contributed by atoms with Crippen molar-refractivity contribution >= 4 is 38.6 Å². The Morgan fingerprint density at radius 1 is 1.00 bits per heavy atom. The number of fused-ring (bicyclic) bond motifs is 1. The molecule has 2 aromatic carbocycles. The van der Waals surface area contributed by atoms with Gasteiger partial charge in [-0.15, -0.1) is 0 Å². The predicted octanol–water partition coefficient (Wildman–Crippen LogP) is 2.61. The van der Waals surface area contributed by atoms with E-state index in [4.69, 9.17) is 11.6 Å². The van der Waals surface area contributed by atoms with Crippen molar-refractivity contribution in [2.24, 2.45) is 0 Å². The van der Waals surface area contributed by atoms with E-state index in [0.29, 0.717) is 21.6 Å². The van der Waals surface area contributed by atoms with Gasteiger partial charge in [0.25, 0.3) is 5.91 Å². The first-order valence-corrected chi connectivity index (χ1v) is 10.4. The Bertz CT molecular complexity index is 1150. The van der Waals surface area contributed by atoms with Crippen molar-refractivity contribution in [3.63, 3.8) is 0 Å². The van der Waals surface area contributed by atoms with Crippen LogP contribution < -0.4 is 10.0 Å². The average molecular weight is 419 g/mol. The zero-order valence-electron chi connectivity index (χ0n) is 15.4. The second-order valence-corrected chi connectivity index (χ2v) is 8.41. The van der Waals surface area contributed by atoms with Crippen molar-refractivity contribution in [2.45, 2.75) is 18.7 Å². The maximum atomic E-state index is 12.3. The Kier molecular flexibility index (Phi) is 5.93. The quantitative estimate of drug-likeness (QED) is 0.599. The molecule has 0 atom stereocenters. The fraction of sp³-hybridized carbons (Fsp3) is 0.211. The van der Waals surface area contributed by atoms with Gasteiger partial charge in [0.05, 0.1) is 27.3 Å². The summed E-state index contributed by atoms with van der Waals surface area (Å²) >= 11 is 5.82. The average Bonchev–Trinajstić information content (AvgIpc) is 2.65. The van der Waals surface area contributed by atoms with Crippen molar-refractivity contribution in [3.8, 4) is 0 Å². The highest BCUT2D eigenvalue weighted by atomic mass is 35.5. The first-order chi connectivity index (χ1) is 13.3. The number of hydrogen-bond donors (Lipinski definition) is 2. The number of benzene rings is 2. The lowest BCUT2D eigenvalue weighted by Gasteiger charge is -2.09. The van der Waals surface area contributed by atoms with Crippen LogP contribution in [0, 0.1) is 13.8 Å². The summed E-state index contributed by atoms with van der Waals surface area (Å²) < 4.78 is 26.8. The minimum Gasteiger partial charge on any atom is -0.351 e.